The van der Waals surface area contributed by atoms with Crippen molar-refractivity contribution in [2.75, 3.05) is 21.3 Å². The summed E-state index contributed by atoms with van der Waals surface area (Å²) in [5.74, 6) is -0.0948. The number of rotatable bonds is 7. The van der Waals surface area contributed by atoms with Crippen LogP contribution in [0.5, 0.6) is 5.75 Å². The van der Waals surface area contributed by atoms with Crippen molar-refractivity contribution in [2.24, 2.45) is 0 Å². The number of ether oxygens (including phenoxy) is 3. The van der Waals surface area contributed by atoms with E-state index < -0.39 is 18.0 Å². The van der Waals surface area contributed by atoms with Crippen molar-refractivity contribution < 1.29 is 28.6 Å². The van der Waals surface area contributed by atoms with Gasteiger partial charge in [0.15, 0.2) is 0 Å². The number of methoxy groups -OCH3 is 3. The minimum absolute atomic E-state index is 0.0527. The lowest BCUT2D eigenvalue weighted by Gasteiger charge is -2.12. The molecule has 0 saturated heterocycles. The second kappa shape index (κ2) is 12.0. The monoisotopic (exact) mass is 325 g/mol. The molecule has 1 aromatic rings. The van der Waals surface area contributed by atoms with Crippen LogP contribution >= 0.6 is 0 Å². The molecule has 7 nitrogen and oxygen atoms in total. The summed E-state index contributed by atoms with van der Waals surface area (Å²) in [5, 5.41) is 2.25. The fourth-order valence-corrected chi connectivity index (χ4v) is 1.60. The molecule has 1 N–H and O–H groups in total. The number of esters is 2. The molecule has 1 aromatic carbocycles. The number of benzene rings is 1. The zero-order chi connectivity index (χ0) is 17.7. The number of carbonyl (C=O) groups is 3. The summed E-state index contributed by atoms with van der Waals surface area (Å²) in [4.78, 5) is 31.9. The molecule has 0 aliphatic heterocycles. The van der Waals surface area contributed by atoms with Gasteiger partial charge in [0.05, 0.1) is 21.3 Å². The van der Waals surface area contributed by atoms with Crippen LogP contribution in [0.2, 0.25) is 0 Å². The minimum atomic E-state index is -0.795. The van der Waals surface area contributed by atoms with E-state index in [2.05, 4.69) is 14.8 Å². The molecular formula is C16H23NO6. The first-order valence-electron chi connectivity index (χ1n) is 6.93. The maximum absolute atomic E-state index is 11.0. The highest BCUT2D eigenvalue weighted by molar-refractivity contribution is 5.79. The normalized spacial score (nSPS) is 10.4. The minimum Gasteiger partial charge on any atom is -0.497 e. The summed E-state index contributed by atoms with van der Waals surface area (Å²) in [5.41, 5.74) is 1.23. The predicted octanol–water partition coefficient (Wildman–Crippen LogP) is 1.23. The van der Waals surface area contributed by atoms with Crippen molar-refractivity contribution in [1.82, 2.24) is 5.32 Å². The molecule has 7 heteroatoms. The third-order valence-corrected chi connectivity index (χ3v) is 2.84. The lowest BCUT2D eigenvalue weighted by Crippen LogP contribution is -2.37. The first-order valence-corrected chi connectivity index (χ1v) is 6.93. The standard InChI is InChI=1S/C8H13NO5.C8H10O/c1-13-7(11)4-3-6(9-5-10)8(12)14-2;1-7-4-3-5-8(6-7)9-2/h5-6H,3-4H2,1-2H3,(H,9,10);3-6H,1-2H3/t6-;/m0./s1. The Morgan fingerprint density at radius 3 is 2.35 bits per heavy atom. The Labute approximate surface area is 135 Å². The number of carbonyl (C=O) groups excluding carboxylic acids is 3. The van der Waals surface area contributed by atoms with Gasteiger partial charge in [-0.2, -0.15) is 0 Å². The zero-order valence-corrected chi connectivity index (χ0v) is 13.8. The highest BCUT2D eigenvalue weighted by Gasteiger charge is 2.19. The summed E-state index contributed by atoms with van der Waals surface area (Å²) in [6.45, 7) is 2.04. The van der Waals surface area contributed by atoms with Crippen LogP contribution in [0.15, 0.2) is 24.3 Å². The van der Waals surface area contributed by atoms with Gasteiger partial charge in [0, 0.05) is 6.42 Å². The van der Waals surface area contributed by atoms with Gasteiger partial charge in [-0.15, -0.1) is 0 Å². The Bertz CT molecular complexity index is 503. The third kappa shape index (κ3) is 9.13. The van der Waals surface area contributed by atoms with Crippen LogP contribution in [0.25, 0.3) is 0 Å². The van der Waals surface area contributed by atoms with E-state index in [0.29, 0.717) is 6.41 Å². The Hall–Kier alpha value is -2.57. The van der Waals surface area contributed by atoms with Crippen LogP contribution in [0.3, 0.4) is 0 Å². The second-order valence-electron chi connectivity index (χ2n) is 4.50. The van der Waals surface area contributed by atoms with Gasteiger partial charge in [-0.05, 0) is 31.0 Å². The topological polar surface area (TPSA) is 90.9 Å². The summed E-state index contributed by atoms with van der Waals surface area (Å²) < 4.78 is 13.8. The SMILES string of the molecule is COC(=O)CC[C@H](NC=O)C(=O)OC.COc1cccc(C)c1. The van der Waals surface area contributed by atoms with Gasteiger partial charge in [0.25, 0.3) is 0 Å². The van der Waals surface area contributed by atoms with E-state index in [1.807, 2.05) is 31.2 Å². The molecule has 0 bridgehead atoms. The first-order chi connectivity index (χ1) is 11.0. The molecule has 0 unspecified atom stereocenters. The molecule has 0 saturated carbocycles. The van der Waals surface area contributed by atoms with Crippen molar-refractivity contribution in [3.05, 3.63) is 29.8 Å². The molecular weight excluding hydrogens is 302 g/mol. The average Bonchev–Trinajstić information content (AvgIpc) is 2.58. The lowest BCUT2D eigenvalue weighted by atomic mass is 10.1. The Kier molecular flexibility index (Phi) is 10.7. The van der Waals surface area contributed by atoms with E-state index >= 15 is 0 Å². The van der Waals surface area contributed by atoms with Crippen LogP contribution in [-0.4, -0.2) is 45.7 Å². The Morgan fingerprint density at radius 1 is 1.22 bits per heavy atom. The maximum Gasteiger partial charge on any atom is 0.328 e. The number of amides is 1. The van der Waals surface area contributed by atoms with Crippen LogP contribution in [-0.2, 0) is 23.9 Å². The molecule has 0 radical (unpaired) electrons. The molecule has 0 fully saturated rings. The van der Waals surface area contributed by atoms with E-state index in [1.165, 1.54) is 19.8 Å². The average molecular weight is 325 g/mol. The molecule has 1 atom stereocenters. The van der Waals surface area contributed by atoms with E-state index in [9.17, 15) is 14.4 Å². The largest absolute Gasteiger partial charge is 0.497 e. The van der Waals surface area contributed by atoms with Gasteiger partial charge in [-0.3, -0.25) is 9.59 Å². The van der Waals surface area contributed by atoms with Gasteiger partial charge in [-0.25, -0.2) is 4.79 Å². The summed E-state index contributed by atoms with van der Waals surface area (Å²) in [6.07, 6.45) is 0.605. The molecule has 1 rings (SSSR count). The van der Waals surface area contributed by atoms with Crippen molar-refractivity contribution >= 4 is 18.3 Å². The zero-order valence-electron chi connectivity index (χ0n) is 13.8. The van der Waals surface area contributed by atoms with Crippen molar-refractivity contribution in [2.45, 2.75) is 25.8 Å². The highest BCUT2D eigenvalue weighted by atomic mass is 16.5. The highest BCUT2D eigenvalue weighted by Crippen LogP contribution is 2.10. The number of hydrogen-bond acceptors (Lipinski definition) is 6. The summed E-state index contributed by atoms with van der Waals surface area (Å²) >= 11 is 0. The van der Waals surface area contributed by atoms with Crippen LogP contribution < -0.4 is 10.1 Å². The third-order valence-electron chi connectivity index (χ3n) is 2.84. The number of hydrogen-bond donors (Lipinski definition) is 1. The second-order valence-corrected chi connectivity index (χ2v) is 4.50. The quantitative estimate of drug-likeness (QED) is 0.599. The first kappa shape index (κ1) is 20.4. The predicted molar refractivity (Wildman–Crippen MR) is 84.0 cm³/mol. The summed E-state index contributed by atoms with van der Waals surface area (Å²) in [6, 6.07) is 7.17. The Balaban J connectivity index is 0.000000459. The number of aryl methyl sites for hydroxylation is 1. The molecule has 0 aromatic heterocycles. The van der Waals surface area contributed by atoms with E-state index in [1.54, 1.807) is 7.11 Å². The molecule has 23 heavy (non-hydrogen) atoms. The number of nitrogens with one attached hydrogen (secondary N) is 1. The van der Waals surface area contributed by atoms with Gasteiger partial charge < -0.3 is 19.5 Å². The van der Waals surface area contributed by atoms with Gasteiger partial charge in [0.2, 0.25) is 6.41 Å². The van der Waals surface area contributed by atoms with E-state index in [-0.39, 0.29) is 12.8 Å². The molecule has 0 aliphatic carbocycles. The molecule has 0 aliphatic rings. The van der Waals surface area contributed by atoms with Crippen molar-refractivity contribution in [1.29, 1.82) is 0 Å². The fourth-order valence-electron chi connectivity index (χ4n) is 1.60. The maximum atomic E-state index is 11.0. The molecule has 128 valence electrons. The van der Waals surface area contributed by atoms with E-state index in [4.69, 9.17) is 4.74 Å². The van der Waals surface area contributed by atoms with Crippen LogP contribution in [0.4, 0.5) is 0 Å². The fraction of sp³-hybridized carbons (Fsp3) is 0.438. The van der Waals surface area contributed by atoms with Gasteiger partial charge in [-0.1, -0.05) is 12.1 Å². The Morgan fingerprint density at radius 2 is 1.91 bits per heavy atom. The molecule has 0 spiro atoms. The molecule has 1 amide bonds. The van der Waals surface area contributed by atoms with Gasteiger partial charge >= 0.3 is 11.9 Å². The van der Waals surface area contributed by atoms with Crippen LogP contribution in [0.1, 0.15) is 18.4 Å². The van der Waals surface area contributed by atoms with Crippen molar-refractivity contribution in [3.8, 4) is 5.75 Å². The van der Waals surface area contributed by atoms with Crippen LogP contribution in [0, 0.1) is 6.92 Å². The lowest BCUT2D eigenvalue weighted by molar-refractivity contribution is -0.145. The summed E-state index contributed by atoms with van der Waals surface area (Å²) in [7, 11) is 4.14. The van der Waals surface area contributed by atoms with Gasteiger partial charge in [0.1, 0.15) is 11.8 Å². The smallest absolute Gasteiger partial charge is 0.328 e. The van der Waals surface area contributed by atoms with E-state index in [0.717, 1.165) is 5.75 Å². The van der Waals surface area contributed by atoms with Crippen molar-refractivity contribution in [3.63, 3.8) is 0 Å². The molecule has 0 heterocycles.